The number of hydrogen-bond donors (Lipinski definition) is 0. The first-order chi connectivity index (χ1) is 8.16. The van der Waals surface area contributed by atoms with Crippen molar-refractivity contribution in [3.63, 3.8) is 0 Å². The van der Waals surface area contributed by atoms with Gasteiger partial charge in [0.15, 0.2) is 0 Å². The Morgan fingerprint density at radius 3 is 2.76 bits per heavy atom. The normalized spacial score (nSPS) is 13.4. The minimum Gasteiger partial charge on any atom is -0.144 e. The molecule has 92 valence electrons. The molecule has 2 rings (SSSR count). The number of fused-ring (bicyclic) bond motifs is 1. The molecule has 0 saturated carbocycles. The van der Waals surface area contributed by atoms with Gasteiger partial charge in [-0.05, 0) is 47.6 Å². The molecule has 1 atom stereocenters. The monoisotopic (exact) mass is 310 g/mol. The van der Waals surface area contributed by atoms with Crippen LogP contribution in [0.15, 0.2) is 29.6 Å². The number of aryl methyl sites for hydroxylation is 1. The van der Waals surface area contributed by atoms with Crippen LogP contribution in [0.4, 0.5) is 0 Å². The summed E-state index contributed by atoms with van der Waals surface area (Å²) in [6.45, 7) is 4.57. The Kier molecular flexibility index (Phi) is 4.63. The SMILES string of the molecule is CC(C)CC(Br)CCc1csc2ccccc12. The minimum atomic E-state index is 0.654. The second-order valence-electron chi connectivity index (χ2n) is 5.02. The van der Waals surface area contributed by atoms with E-state index in [0.717, 1.165) is 5.92 Å². The van der Waals surface area contributed by atoms with Crippen LogP contribution in [0.1, 0.15) is 32.3 Å². The average Bonchev–Trinajstić information content (AvgIpc) is 2.69. The number of benzene rings is 1. The van der Waals surface area contributed by atoms with Gasteiger partial charge >= 0.3 is 0 Å². The summed E-state index contributed by atoms with van der Waals surface area (Å²) in [5.41, 5.74) is 1.51. The second kappa shape index (κ2) is 6.01. The van der Waals surface area contributed by atoms with Gasteiger partial charge in [0, 0.05) is 9.53 Å². The lowest BCUT2D eigenvalue weighted by Gasteiger charge is -2.11. The summed E-state index contributed by atoms with van der Waals surface area (Å²) in [6, 6.07) is 8.71. The van der Waals surface area contributed by atoms with Crippen molar-refractivity contribution in [3.05, 3.63) is 35.2 Å². The van der Waals surface area contributed by atoms with E-state index in [4.69, 9.17) is 0 Å². The van der Waals surface area contributed by atoms with Crippen LogP contribution in [0.3, 0.4) is 0 Å². The number of rotatable bonds is 5. The van der Waals surface area contributed by atoms with Crippen LogP contribution in [0, 0.1) is 5.92 Å². The van der Waals surface area contributed by atoms with Crippen LogP contribution in [-0.2, 0) is 6.42 Å². The van der Waals surface area contributed by atoms with Crippen molar-refractivity contribution in [3.8, 4) is 0 Å². The van der Waals surface area contributed by atoms with E-state index in [-0.39, 0.29) is 0 Å². The molecule has 1 aromatic carbocycles. The molecule has 1 unspecified atom stereocenters. The molecule has 0 aliphatic heterocycles. The molecule has 0 N–H and O–H groups in total. The highest BCUT2D eigenvalue weighted by molar-refractivity contribution is 9.09. The third-order valence-electron chi connectivity index (χ3n) is 3.02. The van der Waals surface area contributed by atoms with Crippen molar-refractivity contribution in [2.24, 2.45) is 5.92 Å². The fourth-order valence-electron chi connectivity index (χ4n) is 2.17. The standard InChI is InChI=1S/C15H19BrS/c1-11(2)9-13(16)8-7-12-10-17-15-6-4-3-5-14(12)15/h3-6,10-11,13H,7-9H2,1-2H3. The molecular formula is C15H19BrS. The number of alkyl halides is 1. The van der Waals surface area contributed by atoms with Crippen LogP contribution in [0.5, 0.6) is 0 Å². The van der Waals surface area contributed by atoms with Gasteiger partial charge in [0.2, 0.25) is 0 Å². The van der Waals surface area contributed by atoms with E-state index in [9.17, 15) is 0 Å². The Balaban J connectivity index is 1.99. The molecule has 17 heavy (non-hydrogen) atoms. The van der Waals surface area contributed by atoms with E-state index < -0.39 is 0 Å². The van der Waals surface area contributed by atoms with Crippen molar-refractivity contribution in [2.45, 2.75) is 37.9 Å². The first-order valence-corrected chi connectivity index (χ1v) is 8.05. The van der Waals surface area contributed by atoms with Crippen LogP contribution < -0.4 is 0 Å². The van der Waals surface area contributed by atoms with Crippen LogP contribution in [0.2, 0.25) is 0 Å². The predicted octanol–water partition coefficient (Wildman–Crippen LogP) is 5.64. The average molecular weight is 311 g/mol. The Morgan fingerprint density at radius 2 is 2.00 bits per heavy atom. The quantitative estimate of drug-likeness (QED) is 0.627. The highest BCUT2D eigenvalue weighted by atomic mass is 79.9. The lowest BCUT2D eigenvalue weighted by atomic mass is 10.0. The smallest absolute Gasteiger partial charge is 0.0345 e. The van der Waals surface area contributed by atoms with E-state index >= 15 is 0 Å². The highest BCUT2D eigenvalue weighted by Crippen LogP contribution is 2.28. The van der Waals surface area contributed by atoms with Gasteiger partial charge in [-0.1, -0.05) is 48.0 Å². The largest absolute Gasteiger partial charge is 0.144 e. The zero-order valence-corrected chi connectivity index (χ0v) is 12.9. The molecule has 1 aromatic heterocycles. The number of halogens is 1. The summed E-state index contributed by atoms with van der Waals surface area (Å²) in [5.74, 6) is 0.776. The van der Waals surface area contributed by atoms with Crippen LogP contribution in [-0.4, -0.2) is 4.83 Å². The van der Waals surface area contributed by atoms with Gasteiger partial charge in [-0.2, -0.15) is 0 Å². The molecule has 0 nitrogen and oxygen atoms in total. The van der Waals surface area contributed by atoms with E-state index in [1.54, 1.807) is 0 Å². The molecule has 0 fully saturated rings. The van der Waals surface area contributed by atoms with Crippen LogP contribution in [0.25, 0.3) is 10.1 Å². The fourth-order valence-corrected chi connectivity index (χ4v) is 4.14. The van der Waals surface area contributed by atoms with Gasteiger partial charge < -0.3 is 0 Å². The van der Waals surface area contributed by atoms with Crippen molar-refractivity contribution >= 4 is 37.4 Å². The highest BCUT2D eigenvalue weighted by Gasteiger charge is 2.09. The maximum atomic E-state index is 3.79. The third-order valence-corrected chi connectivity index (χ3v) is 4.86. The second-order valence-corrected chi connectivity index (χ2v) is 7.23. The molecule has 0 aliphatic carbocycles. The van der Waals surface area contributed by atoms with Gasteiger partial charge in [-0.3, -0.25) is 0 Å². The summed E-state index contributed by atoms with van der Waals surface area (Å²) >= 11 is 5.66. The zero-order chi connectivity index (χ0) is 12.3. The first-order valence-electron chi connectivity index (χ1n) is 6.26. The topological polar surface area (TPSA) is 0 Å². The lowest BCUT2D eigenvalue weighted by molar-refractivity contribution is 0.555. The lowest BCUT2D eigenvalue weighted by Crippen LogP contribution is -2.04. The zero-order valence-electron chi connectivity index (χ0n) is 10.4. The van der Waals surface area contributed by atoms with Gasteiger partial charge in [0.25, 0.3) is 0 Å². The molecule has 0 amide bonds. The van der Waals surface area contributed by atoms with Gasteiger partial charge in [0.1, 0.15) is 0 Å². The van der Waals surface area contributed by atoms with Gasteiger partial charge in [-0.15, -0.1) is 11.3 Å². The molecular weight excluding hydrogens is 292 g/mol. The maximum absolute atomic E-state index is 3.79. The van der Waals surface area contributed by atoms with Crippen molar-refractivity contribution in [1.29, 1.82) is 0 Å². The number of thiophene rings is 1. The summed E-state index contributed by atoms with van der Waals surface area (Å²) < 4.78 is 1.41. The molecule has 0 aliphatic rings. The maximum Gasteiger partial charge on any atom is 0.0345 e. The van der Waals surface area contributed by atoms with Crippen LogP contribution >= 0.6 is 27.3 Å². The Hall–Kier alpha value is -0.340. The first kappa shape index (κ1) is 13.1. The molecule has 0 saturated heterocycles. The third kappa shape index (κ3) is 3.56. The summed E-state index contributed by atoms with van der Waals surface area (Å²) in [4.78, 5) is 0.654. The van der Waals surface area contributed by atoms with E-state index in [1.165, 1.54) is 34.9 Å². The van der Waals surface area contributed by atoms with Crippen molar-refractivity contribution < 1.29 is 0 Å². The Morgan fingerprint density at radius 1 is 1.24 bits per heavy atom. The van der Waals surface area contributed by atoms with E-state index in [0.29, 0.717) is 4.83 Å². The Labute approximate surface area is 116 Å². The van der Waals surface area contributed by atoms with Gasteiger partial charge in [-0.25, -0.2) is 0 Å². The molecule has 2 aromatic rings. The minimum absolute atomic E-state index is 0.654. The summed E-state index contributed by atoms with van der Waals surface area (Å²) in [7, 11) is 0. The van der Waals surface area contributed by atoms with Crippen molar-refractivity contribution in [2.75, 3.05) is 0 Å². The molecule has 0 spiro atoms. The molecule has 2 heteroatoms. The Bertz CT molecular complexity index is 472. The van der Waals surface area contributed by atoms with Gasteiger partial charge in [0.05, 0.1) is 0 Å². The summed E-state index contributed by atoms with van der Waals surface area (Å²) in [5, 5.41) is 3.77. The molecule has 0 radical (unpaired) electrons. The van der Waals surface area contributed by atoms with E-state index in [2.05, 4.69) is 59.4 Å². The summed E-state index contributed by atoms with van der Waals surface area (Å²) in [6.07, 6.45) is 3.69. The predicted molar refractivity (Wildman–Crippen MR) is 82.3 cm³/mol. The number of hydrogen-bond acceptors (Lipinski definition) is 1. The molecule has 0 bridgehead atoms. The molecule has 1 heterocycles. The fraction of sp³-hybridized carbons (Fsp3) is 0.467. The van der Waals surface area contributed by atoms with E-state index in [1.807, 2.05) is 11.3 Å². The van der Waals surface area contributed by atoms with Crippen molar-refractivity contribution in [1.82, 2.24) is 0 Å².